The lowest BCUT2D eigenvalue weighted by Gasteiger charge is -2.13. The van der Waals surface area contributed by atoms with Crippen LogP contribution in [0, 0.1) is 0 Å². The summed E-state index contributed by atoms with van der Waals surface area (Å²) in [6.45, 7) is -1.70. The number of alkyl halides is 6. The van der Waals surface area contributed by atoms with Gasteiger partial charge in [0.25, 0.3) is 0 Å². The van der Waals surface area contributed by atoms with Crippen molar-refractivity contribution in [1.82, 2.24) is 0 Å². The van der Waals surface area contributed by atoms with E-state index in [2.05, 4.69) is 4.74 Å². The van der Waals surface area contributed by atoms with Gasteiger partial charge in [0.15, 0.2) is 12.9 Å². The number of hydrogen-bond acceptors (Lipinski definition) is 2. The first-order chi connectivity index (χ1) is 8.13. The van der Waals surface area contributed by atoms with Crippen LogP contribution in [0.5, 0.6) is 5.75 Å². The molecule has 0 heterocycles. The predicted octanol–water partition coefficient (Wildman–Crippen LogP) is 3.46. The monoisotopic (exact) mass is 272 g/mol. The van der Waals surface area contributed by atoms with Gasteiger partial charge in [-0.25, -0.2) is 0 Å². The smallest absolute Gasteiger partial charge is 0.422 e. The molecule has 100 valence electrons. The zero-order valence-electron chi connectivity index (χ0n) is 8.60. The summed E-state index contributed by atoms with van der Waals surface area (Å²) in [5.41, 5.74) is -2.00. The zero-order valence-corrected chi connectivity index (χ0v) is 8.60. The molecule has 8 heteroatoms. The van der Waals surface area contributed by atoms with Crippen LogP contribution >= 0.6 is 0 Å². The molecule has 0 aliphatic heterocycles. The first-order valence-corrected chi connectivity index (χ1v) is 4.49. The number of aldehydes is 1. The van der Waals surface area contributed by atoms with Gasteiger partial charge in [-0.3, -0.25) is 4.79 Å². The molecule has 0 aromatic heterocycles. The van der Waals surface area contributed by atoms with Crippen molar-refractivity contribution in [2.24, 2.45) is 0 Å². The number of carbonyl (C=O) groups excluding carboxylic acids is 1. The van der Waals surface area contributed by atoms with Crippen molar-refractivity contribution < 1.29 is 35.9 Å². The van der Waals surface area contributed by atoms with E-state index in [-0.39, 0.29) is 6.29 Å². The minimum Gasteiger partial charge on any atom is -0.484 e. The summed E-state index contributed by atoms with van der Waals surface area (Å²) < 4.78 is 77.0. The molecule has 0 unspecified atom stereocenters. The molecule has 18 heavy (non-hydrogen) atoms. The van der Waals surface area contributed by atoms with Gasteiger partial charge in [0.2, 0.25) is 0 Å². The Morgan fingerprint density at radius 1 is 1.11 bits per heavy atom. The number of ether oxygens (including phenoxy) is 1. The Morgan fingerprint density at radius 2 is 1.72 bits per heavy atom. The van der Waals surface area contributed by atoms with Gasteiger partial charge in [-0.15, -0.1) is 0 Å². The van der Waals surface area contributed by atoms with Crippen LogP contribution in [-0.4, -0.2) is 19.1 Å². The van der Waals surface area contributed by atoms with Gasteiger partial charge < -0.3 is 4.74 Å². The lowest BCUT2D eigenvalue weighted by atomic mass is 10.1. The Hall–Kier alpha value is -1.73. The number of rotatable bonds is 3. The molecule has 1 rings (SSSR count). The molecule has 0 aliphatic rings. The topological polar surface area (TPSA) is 26.3 Å². The van der Waals surface area contributed by atoms with Crippen LogP contribution in [0.3, 0.4) is 0 Å². The quantitative estimate of drug-likeness (QED) is 0.622. The maximum absolute atomic E-state index is 12.5. The van der Waals surface area contributed by atoms with Gasteiger partial charge >= 0.3 is 12.4 Å². The number of carbonyl (C=O) groups is 1. The molecule has 0 saturated heterocycles. The molecule has 0 amide bonds. The Bertz CT molecular complexity index is 435. The summed E-state index contributed by atoms with van der Waals surface area (Å²) in [5.74, 6) is -0.606. The highest BCUT2D eigenvalue weighted by atomic mass is 19.4. The van der Waals surface area contributed by atoms with Crippen molar-refractivity contribution in [3.05, 3.63) is 29.3 Å². The highest BCUT2D eigenvalue weighted by molar-refractivity contribution is 5.78. The molecule has 0 N–H and O–H groups in total. The van der Waals surface area contributed by atoms with E-state index >= 15 is 0 Å². The normalized spacial score (nSPS) is 12.3. The maximum Gasteiger partial charge on any atom is 0.422 e. The molecule has 1 aromatic carbocycles. The second-order valence-corrected chi connectivity index (χ2v) is 3.27. The minimum atomic E-state index is -4.84. The van der Waals surface area contributed by atoms with Crippen LogP contribution < -0.4 is 4.74 Å². The summed E-state index contributed by atoms with van der Waals surface area (Å²) in [6.07, 6.45) is -9.52. The van der Waals surface area contributed by atoms with E-state index < -0.39 is 35.8 Å². The van der Waals surface area contributed by atoms with E-state index in [1.54, 1.807) is 0 Å². The summed E-state index contributed by atoms with van der Waals surface area (Å²) in [7, 11) is 0. The zero-order chi connectivity index (χ0) is 14.0. The van der Waals surface area contributed by atoms with Crippen molar-refractivity contribution in [2.75, 3.05) is 6.61 Å². The first-order valence-electron chi connectivity index (χ1n) is 4.49. The van der Waals surface area contributed by atoms with E-state index in [0.717, 1.165) is 12.1 Å². The molecule has 0 radical (unpaired) electrons. The van der Waals surface area contributed by atoms with Crippen molar-refractivity contribution >= 4 is 6.29 Å². The molecule has 0 atom stereocenters. The largest absolute Gasteiger partial charge is 0.484 e. The van der Waals surface area contributed by atoms with E-state index in [4.69, 9.17) is 0 Å². The van der Waals surface area contributed by atoms with Crippen molar-refractivity contribution in [1.29, 1.82) is 0 Å². The third kappa shape index (κ3) is 3.94. The van der Waals surface area contributed by atoms with Crippen LogP contribution in [0.25, 0.3) is 0 Å². The van der Waals surface area contributed by atoms with Gasteiger partial charge in [0, 0.05) is 5.56 Å². The summed E-state index contributed by atoms with van der Waals surface area (Å²) in [6, 6.07) is 1.97. The van der Waals surface area contributed by atoms with Crippen LogP contribution in [0.1, 0.15) is 15.9 Å². The van der Waals surface area contributed by atoms with Crippen LogP contribution in [0.4, 0.5) is 26.3 Å². The van der Waals surface area contributed by atoms with E-state index in [0.29, 0.717) is 6.07 Å². The predicted molar refractivity (Wildman–Crippen MR) is 48.4 cm³/mol. The number of benzene rings is 1. The van der Waals surface area contributed by atoms with Crippen LogP contribution in [0.15, 0.2) is 18.2 Å². The summed E-state index contributed by atoms with van der Waals surface area (Å²) in [4.78, 5) is 10.4. The fourth-order valence-corrected chi connectivity index (χ4v) is 1.14. The molecule has 0 spiro atoms. The van der Waals surface area contributed by atoms with E-state index in [9.17, 15) is 31.1 Å². The van der Waals surface area contributed by atoms with Crippen molar-refractivity contribution in [3.8, 4) is 5.75 Å². The fourth-order valence-electron chi connectivity index (χ4n) is 1.14. The SMILES string of the molecule is O=Cc1ccc(OCC(F)(F)F)cc1C(F)(F)F. The number of halogens is 6. The third-order valence-corrected chi connectivity index (χ3v) is 1.86. The average molecular weight is 272 g/mol. The molecular weight excluding hydrogens is 266 g/mol. The molecule has 0 bridgehead atoms. The van der Waals surface area contributed by atoms with Gasteiger partial charge in [-0.1, -0.05) is 0 Å². The van der Waals surface area contributed by atoms with Crippen LogP contribution in [0.2, 0.25) is 0 Å². The fraction of sp³-hybridized carbons (Fsp3) is 0.300. The van der Waals surface area contributed by atoms with Gasteiger partial charge in [0.05, 0.1) is 5.56 Å². The van der Waals surface area contributed by atoms with Gasteiger partial charge in [-0.05, 0) is 18.2 Å². The second kappa shape index (κ2) is 4.87. The van der Waals surface area contributed by atoms with Crippen molar-refractivity contribution in [3.63, 3.8) is 0 Å². The molecule has 2 nitrogen and oxygen atoms in total. The highest BCUT2D eigenvalue weighted by Crippen LogP contribution is 2.34. The van der Waals surface area contributed by atoms with E-state index in [1.807, 2.05) is 0 Å². The minimum absolute atomic E-state index is 0.0314. The van der Waals surface area contributed by atoms with Crippen LogP contribution in [-0.2, 0) is 6.18 Å². The maximum atomic E-state index is 12.5. The molecule has 0 saturated carbocycles. The summed E-state index contributed by atoms with van der Waals surface area (Å²) in [5, 5.41) is 0. The Labute approximate surface area is 97.2 Å². The Kier molecular flexibility index (Phi) is 3.88. The average Bonchev–Trinajstić information content (AvgIpc) is 2.24. The lowest BCUT2D eigenvalue weighted by molar-refractivity contribution is -0.153. The van der Waals surface area contributed by atoms with E-state index in [1.165, 1.54) is 0 Å². The Morgan fingerprint density at radius 3 is 2.17 bits per heavy atom. The second-order valence-electron chi connectivity index (χ2n) is 3.27. The highest BCUT2D eigenvalue weighted by Gasteiger charge is 2.34. The van der Waals surface area contributed by atoms with Gasteiger partial charge in [0.1, 0.15) is 5.75 Å². The van der Waals surface area contributed by atoms with Gasteiger partial charge in [-0.2, -0.15) is 26.3 Å². The Balaban J connectivity index is 3.00. The summed E-state index contributed by atoms with van der Waals surface area (Å²) >= 11 is 0. The molecular formula is C10H6F6O2. The van der Waals surface area contributed by atoms with Crippen molar-refractivity contribution in [2.45, 2.75) is 12.4 Å². The molecule has 1 aromatic rings. The molecule has 0 aliphatic carbocycles. The number of hydrogen-bond donors (Lipinski definition) is 0. The third-order valence-electron chi connectivity index (χ3n) is 1.86. The molecule has 0 fully saturated rings. The standard InChI is InChI=1S/C10H6F6O2/c11-9(12,13)5-18-7-2-1-6(4-17)8(3-7)10(14,15)16/h1-4H,5H2. The first kappa shape index (κ1) is 14.3. The lowest BCUT2D eigenvalue weighted by Crippen LogP contribution is -2.19.